The molecule has 2 N–H and O–H groups in total. The number of hydrogen-bond acceptors (Lipinski definition) is 3. The van der Waals surface area contributed by atoms with Crippen molar-refractivity contribution in [3.05, 3.63) is 109 Å². The van der Waals surface area contributed by atoms with Crippen LogP contribution in [0.1, 0.15) is 64.2 Å². The summed E-state index contributed by atoms with van der Waals surface area (Å²) in [5.41, 5.74) is 16.4. The monoisotopic (exact) mass is 763 g/mol. The zero-order chi connectivity index (χ0) is 32.9. The average molecular weight is 764 g/mol. The van der Waals surface area contributed by atoms with E-state index in [0.717, 1.165) is 22.4 Å². The van der Waals surface area contributed by atoms with Crippen molar-refractivity contribution < 1.29 is 33.4 Å². The van der Waals surface area contributed by atoms with Gasteiger partial charge in [-0.1, -0.05) is 73.5 Å². The van der Waals surface area contributed by atoms with E-state index in [9.17, 15) is 8.42 Å². The molecule has 0 bridgehead atoms. The van der Waals surface area contributed by atoms with E-state index in [0.29, 0.717) is 11.9 Å². The molecule has 0 amide bonds. The molecular weight excluding hydrogens is 714 g/mol. The summed E-state index contributed by atoms with van der Waals surface area (Å²) in [6, 6.07) is 36.9. The smallest absolute Gasteiger partial charge is 0.706 e. The number of anilines is 1. The van der Waals surface area contributed by atoms with Crippen LogP contribution in [0.5, 0.6) is 0 Å². The van der Waals surface area contributed by atoms with Crippen LogP contribution in [0.4, 0.5) is 11.4 Å². The van der Waals surface area contributed by atoms with Crippen molar-refractivity contribution in [3.63, 3.8) is 0 Å². The van der Waals surface area contributed by atoms with Crippen LogP contribution in [0.2, 0.25) is 0 Å². The zero-order valence-corrected chi connectivity index (χ0v) is 31.3. The summed E-state index contributed by atoms with van der Waals surface area (Å²) < 4.78 is 25.9. The average Bonchev–Trinajstić information content (AvgIpc) is 3.06. The maximum Gasteiger partial charge on any atom is 2.00 e. The van der Waals surface area contributed by atoms with Gasteiger partial charge in [0.2, 0.25) is 0 Å². The molecule has 0 atom stereocenters. The van der Waals surface area contributed by atoms with Crippen LogP contribution < -0.4 is 10.2 Å². The fourth-order valence-electron chi connectivity index (χ4n) is 6.94. The standard InChI is InChI=1S/C26H36NP.C12H9N.CH4O3S.Pd/c1-27(2)25-19-11-9-17-23(25)24-18-10-12-20-26(24)28(21-13-5-3-6-14-21)22-15-7-4-8-16-22;13-12-9-5-4-8-11(12)10-6-2-1-3-7-10;1-5(2,3)4;/h9-12,17-22H,3-8,13-16H2,1-2H3;1-6,8-9,13H;1H3,(H,2,3,4);/q;-2;;+2/p+1. The van der Waals surface area contributed by atoms with Crippen LogP contribution >= 0.6 is 7.92 Å². The van der Waals surface area contributed by atoms with Crippen molar-refractivity contribution in [2.75, 3.05) is 25.3 Å². The number of benzene rings is 4. The van der Waals surface area contributed by atoms with E-state index in [4.69, 9.17) is 10.3 Å². The van der Waals surface area contributed by atoms with Gasteiger partial charge >= 0.3 is 20.4 Å². The molecule has 0 aromatic heterocycles. The molecule has 0 saturated heterocycles. The Morgan fingerprint density at radius 3 is 1.68 bits per heavy atom. The predicted molar refractivity (Wildman–Crippen MR) is 200 cm³/mol. The number of nitrogens with zero attached hydrogens (tertiary/aromatic N) is 1. The summed E-state index contributed by atoms with van der Waals surface area (Å²) in [7, 11) is 0.125. The maximum absolute atomic E-state index is 9.19. The minimum Gasteiger partial charge on any atom is -0.706 e. The molecule has 6 rings (SSSR count). The summed E-state index contributed by atoms with van der Waals surface area (Å²) in [6.07, 6.45) is 15.4. The summed E-state index contributed by atoms with van der Waals surface area (Å²) in [5, 5.41) is 1.74. The number of hydrogen-bond donors (Lipinski definition) is 1. The van der Waals surface area contributed by atoms with Gasteiger partial charge in [0.1, 0.15) is 0 Å². The van der Waals surface area contributed by atoms with Gasteiger partial charge < -0.3 is 10.6 Å². The molecule has 8 heteroatoms. The summed E-state index contributed by atoms with van der Waals surface area (Å²) in [6.45, 7) is 0. The molecule has 0 unspecified atom stereocenters. The second-order valence-electron chi connectivity index (χ2n) is 12.6. The SMILES string of the molecule is CN(C)c1ccccc1-c1ccccc1[PH+](C1CCCCC1)C1CCCCC1.CS(=O)(=O)O.[NH-]c1ccccc1-c1[c-]cccc1.[Pd+2]. The Morgan fingerprint density at radius 1 is 0.702 bits per heavy atom. The number of rotatable bonds is 6. The van der Waals surface area contributed by atoms with E-state index in [1.165, 1.54) is 81.0 Å². The van der Waals surface area contributed by atoms with E-state index >= 15 is 0 Å². The van der Waals surface area contributed by atoms with Gasteiger partial charge in [-0.15, -0.1) is 41.5 Å². The van der Waals surface area contributed by atoms with Crippen LogP contribution in [0, 0.1) is 6.07 Å². The summed E-state index contributed by atoms with van der Waals surface area (Å²) in [5.74, 6) is 0. The number of nitrogens with one attached hydrogen (secondary N) is 1. The molecule has 0 spiro atoms. The van der Waals surface area contributed by atoms with Gasteiger partial charge in [0.15, 0.2) is 0 Å². The van der Waals surface area contributed by atoms with E-state index in [2.05, 4.69) is 73.6 Å². The molecule has 254 valence electrons. The molecule has 4 aromatic carbocycles. The fraction of sp³-hybridized carbons (Fsp3) is 0.385. The fourth-order valence-corrected chi connectivity index (χ4v) is 11.4. The molecular formula is C39H50N2O3PPdS+. The largest absolute Gasteiger partial charge is 2.00 e. The van der Waals surface area contributed by atoms with Gasteiger partial charge in [0.25, 0.3) is 10.1 Å². The summed E-state index contributed by atoms with van der Waals surface area (Å²) in [4.78, 5) is 2.28. The normalized spacial score (nSPS) is 15.3. The van der Waals surface area contributed by atoms with E-state index in [-0.39, 0.29) is 20.4 Å². The van der Waals surface area contributed by atoms with Crippen LogP contribution in [0.15, 0.2) is 97.1 Å². The van der Waals surface area contributed by atoms with E-state index in [1.54, 1.807) is 11.4 Å². The van der Waals surface area contributed by atoms with Crippen molar-refractivity contribution in [1.82, 2.24) is 0 Å². The Bertz CT molecular complexity index is 1580. The first kappa shape index (κ1) is 38.9. The third kappa shape index (κ3) is 12.1. The van der Waals surface area contributed by atoms with Gasteiger partial charge in [-0.3, -0.25) is 4.55 Å². The Balaban J connectivity index is 0.000000262. The van der Waals surface area contributed by atoms with Gasteiger partial charge in [-0.25, -0.2) is 0 Å². The summed E-state index contributed by atoms with van der Waals surface area (Å²) >= 11 is 0. The zero-order valence-electron chi connectivity index (χ0n) is 27.9. The van der Waals surface area contributed by atoms with E-state index < -0.39 is 18.0 Å². The second kappa shape index (κ2) is 19.5. The quantitative estimate of drug-likeness (QED) is 0.0918. The molecule has 2 aliphatic rings. The predicted octanol–water partition coefficient (Wildman–Crippen LogP) is 10.3. The minimum absolute atomic E-state index is 0. The van der Waals surface area contributed by atoms with Gasteiger partial charge in [-0.2, -0.15) is 14.1 Å². The van der Waals surface area contributed by atoms with Crippen LogP contribution in [-0.4, -0.2) is 44.6 Å². The van der Waals surface area contributed by atoms with Crippen molar-refractivity contribution in [2.45, 2.75) is 75.5 Å². The van der Waals surface area contributed by atoms with Crippen LogP contribution in [0.25, 0.3) is 28.0 Å². The molecule has 2 aliphatic carbocycles. The Kier molecular flexibility index (Phi) is 16.1. The van der Waals surface area contributed by atoms with Gasteiger partial charge in [-0.05, 0) is 63.5 Å². The van der Waals surface area contributed by atoms with Crippen molar-refractivity contribution >= 4 is 34.7 Å². The first-order valence-electron chi connectivity index (χ1n) is 16.6. The Hall–Kier alpha value is -2.52. The Labute approximate surface area is 298 Å². The van der Waals surface area contributed by atoms with E-state index in [1.807, 2.05) is 42.5 Å². The molecule has 2 saturated carbocycles. The van der Waals surface area contributed by atoms with Gasteiger partial charge in [0, 0.05) is 38.8 Å². The van der Waals surface area contributed by atoms with Crippen molar-refractivity contribution in [1.29, 1.82) is 0 Å². The second-order valence-corrected chi connectivity index (χ2v) is 17.2. The van der Waals surface area contributed by atoms with Crippen molar-refractivity contribution in [2.24, 2.45) is 0 Å². The molecule has 0 radical (unpaired) electrons. The molecule has 2 fully saturated rings. The molecule has 5 nitrogen and oxygen atoms in total. The van der Waals surface area contributed by atoms with Crippen molar-refractivity contribution in [3.8, 4) is 22.3 Å². The third-order valence-electron chi connectivity index (χ3n) is 8.93. The molecule has 0 aliphatic heterocycles. The first-order valence-corrected chi connectivity index (χ1v) is 20.1. The topological polar surface area (TPSA) is 81.4 Å². The first-order chi connectivity index (χ1) is 22.1. The third-order valence-corrected chi connectivity index (χ3v) is 12.9. The number of para-hydroxylation sites is 1. The Morgan fingerprint density at radius 2 is 1.17 bits per heavy atom. The molecule has 4 aromatic rings. The maximum atomic E-state index is 9.19. The van der Waals surface area contributed by atoms with Crippen LogP contribution in [0.3, 0.4) is 0 Å². The molecule has 47 heavy (non-hydrogen) atoms. The molecule has 0 heterocycles. The minimum atomic E-state index is -3.67. The van der Waals surface area contributed by atoms with Gasteiger partial charge in [0.05, 0.1) is 22.9 Å². The van der Waals surface area contributed by atoms with Crippen LogP contribution in [-0.2, 0) is 30.5 Å².